The highest BCUT2D eigenvalue weighted by Crippen LogP contribution is 2.32. The van der Waals surface area contributed by atoms with Gasteiger partial charge >= 0.3 is 6.18 Å². The van der Waals surface area contributed by atoms with Gasteiger partial charge in [0.15, 0.2) is 10.9 Å². The predicted octanol–water partition coefficient (Wildman–Crippen LogP) is 5.86. The molecule has 1 heterocycles. The van der Waals surface area contributed by atoms with Crippen LogP contribution in [0.3, 0.4) is 0 Å². The van der Waals surface area contributed by atoms with Crippen LogP contribution < -0.4 is 4.74 Å². The maximum Gasteiger partial charge on any atom is 0.416 e. The number of ketones is 1. The molecule has 5 nitrogen and oxygen atoms in total. The van der Waals surface area contributed by atoms with Crippen molar-refractivity contribution in [1.82, 2.24) is 14.8 Å². The number of Topliss-reactive ketones (excluding diaryl/α,β-unsaturated/α-hetero) is 1. The van der Waals surface area contributed by atoms with Crippen LogP contribution in [0.4, 0.5) is 13.2 Å². The number of alkyl halides is 3. The Morgan fingerprint density at radius 2 is 1.71 bits per heavy atom. The summed E-state index contributed by atoms with van der Waals surface area (Å²) in [4.78, 5) is 12.7. The van der Waals surface area contributed by atoms with Gasteiger partial charge in [-0.1, -0.05) is 48.2 Å². The summed E-state index contributed by atoms with van der Waals surface area (Å²) >= 11 is 1.13. The van der Waals surface area contributed by atoms with Crippen molar-refractivity contribution in [2.24, 2.45) is 0 Å². The number of ether oxygens (including phenoxy) is 1. The van der Waals surface area contributed by atoms with Crippen molar-refractivity contribution in [3.63, 3.8) is 0 Å². The number of carbonyl (C=O) groups is 1. The molecule has 0 radical (unpaired) electrons. The fourth-order valence-electron chi connectivity index (χ4n) is 3.36. The molecular formula is C25H20F3N3O2S. The predicted molar refractivity (Wildman–Crippen MR) is 124 cm³/mol. The number of hydrogen-bond acceptors (Lipinski definition) is 5. The lowest BCUT2D eigenvalue weighted by molar-refractivity contribution is -0.137. The van der Waals surface area contributed by atoms with E-state index in [1.54, 1.807) is 42.0 Å². The molecule has 0 aliphatic heterocycles. The molecule has 0 saturated heterocycles. The average Bonchev–Trinajstić information content (AvgIpc) is 3.25. The third-order valence-corrected chi connectivity index (χ3v) is 6.01. The molecule has 0 aliphatic rings. The minimum Gasteiger partial charge on any atom is -0.497 e. The van der Waals surface area contributed by atoms with Crippen LogP contribution in [-0.2, 0) is 12.6 Å². The van der Waals surface area contributed by atoms with Gasteiger partial charge in [-0.2, -0.15) is 13.2 Å². The topological polar surface area (TPSA) is 57.0 Å². The van der Waals surface area contributed by atoms with Crippen LogP contribution in [0.1, 0.15) is 27.3 Å². The quantitative estimate of drug-likeness (QED) is 0.232. The molecule has 0 atom stereocenters. The van der Waals surface area contributed by atoms with Crippen LogP contribution in [0, 0.1) is 0 Å². The zero-order valence-corrected chi connectivity index (χ0v) is 18.9. The van der Waals surface area contributed by atoms with Crippen molar-refractivity contribution < 1.29 is 22.7 Å². The molecule has 0 saturated carbocycles. The van der Waals surface area contributed by atoms with E-state index in [4.69, 9.17) is 4.74 Å². The molecule has 0 bridgehead atoms. The molecule has 0 unspecified atom stereocenters. The van der Waals surface area contributed by atoms with Crippen LogP contribution in [0.5, 0.6) is 5.75 Å². The van der Waals surface area contributed by atoms with Crippen LogP contribution in [0.25, 0.3) is 5.69 Å². The number of rotatable bonds is 8. The average molecular weight is 484 g/mol. The summed E-state index contributed by atoms with van der Waals surface area (Å²) in [7, 11) is 1.54. The molecule has 4 aromatic rings. The van der Waals surface area contributed by atoms with Gasteiger partial charge in [0.1, 0.15) is 11.6 Å². The van der Waals surface area contributed by atoms with Gasteiger partial charge in [-0.3, -0.25) is 9.36 Å². The van der Waals surface area contributed by atoms with Gasteiger partial charge in [0, 0.05) is 12.0 Å². The number of benzene rings is 3. The van der Waals surface area contributed by atoms with Crippen molar-refractivity contribution in [2.45, 2.75) is 17.8 Å². The SMILES string of the molecule is COc1ccc(C(=O)CSc2nnc(Cc3ccccc3)n2-c2cccc(C(F)(F)F)c2)cc1. The third-order valence-electron chi connectivity index (χ3n) is 5.08. The molecule has 34 heavy (non-hydrogen) atoms. The summed E-state index contributed by atoms with van der Waals surface area (Å²) in [5, 5.41) is 8.77. The van der Waals surface area contributed by atoms with E-state index in [1.165, 1.54) is 6.07 Å². The Balaban J connectivity index is 1.65. The van der Waals surface area contributed by atoms with E-state index in [1.807, 2.05) is 30.3 Å². The highest BCUT2D eigenvalue weighted by atomic mass is 32.2. The molecule has 9 heteroatoms. The minimum atomic E-state index is -4.48. The second-order valence-corrected chi connectivity index (χ2v) is 8.33. The Kier molecular flexibility index (Phi) is 7.02. The first-order chi connectivity index (χ1) is 16.3. The number of aromatic nitrogens is 3. The number of carbonyl (C=O) groups excluding carboxylic acids is 1. The first kappa shape index (κ1) is 23.6. The number of methoxy groups -OCH3 is 1. The van der Waals surface area contributed by atoms with E-state index in [0.29, 0.717) is 28.7 Å². The largest absolute Gasteiger partial charge is 0.497 e. The normalized spacial score (nSPS) is 11.4. The van der Waals surface area contributed by atoms with E-state index < -0.39 is 11.7 Å². The number of nitrogens with zero attached hydrogens (tertiary/aromatic N) is 3. The lowest BCUT2D eigenvalue weighted by Crippen LogP contribution is -2.09. The molecule has 0 spiro atoms. The summed E-state index contributed by atoms with van der Waals surface area (Å²) in [5.74, 6) is 1.02. The van der Waals surface area contributed by atoms with Crippen LogP contribution >= 0.6 is 11.8 Å². The Labute approximate surface area is 198 Å². The molecule has 0 fully saturated rings. The van der Waals surface area contributed by atoms with Crippen LogP contribution in [-0.4, -0.2) is 33.4 Å². The maximum absolute atomic E-state index is 13.4. The molecule has 174 valence electrons. The zero-order valence-electron chi connectivity index (χ0n) is 18.1. The fourth-order valence-corrected chi connectivity index (χ4v) is 4.22. The van der Waals surface area contributed by atoms with E-state index in [-0.39, 0.29) is 17.2 Å². The van der Waals surface area contributed by atoms with E-state index >= 15 is 0 Å². The van der Waals surface area contributed by atoms with E-state index in [9.17, 15) is 18.0 Å². The molecule has 3 aromatic carbocycles. The second-order valence-electron chi connectivity index (χ2n) is 7.39. The number of halogens is 3. The Hall–Kier alpha value is -3.59. The Morgan fingerprint density at radius 3 is 2.38 bits per heavy atom. The lowest BCUT2D eigenvalue weighted by atomic mass is 10.1. The molecule has 0 aliphatic carbocycles. The standard InChI is InChI=1S/C25H20F3N3O2S/c1-33-21-12-10-18(11-13-21)22(32)16-34-24-30-29-23(14-17-6-3-2-4-7-17)31(24)20-9-5-8-19(15-20)25(26,27)28/h2-13,15H,14,16H2,1H3. The van der Waals surface area contributed by atoms with Gasteiger partial charge in [-0.05, 0) is 48.0 Å². The van der Waals surface area contributed by atoms with E-state index in [0.717, 1.165) is 29.5 Å². The van der Waals surface area contributed by atoms with Gasteiger partial charge in [-0.25, -0.2) is 0 Å². The summed E-state index contributed by atoms with van der Waals surface area (Å²) in [5.41, 5.74) is 0.955. The molecule has 0 N–H and O–H groups in total. The van der Waals surface area contributed by atoms with Gasteiger partial charge in [-0.15, -0.1) is 10.2 Å². The van der Waals surface area contributed by atoms with Crippen molar-refractivity contribution in [1.29, 1.82) is 0 Å². The third kappa shape index (κ3) is 5.48. The maximum atomic E-state index is 13.4. The highest BCUT2D eigenvalue weighted by Gasteiger charge is 2.31. The molecule has 4 rings (SSSR count). The van der Waals surface area contributed by atoms with Gasteiger partial charge in [0.25, 0.3) is 0 Å². The van der Waals surface area contributed by atoms with Gasteiger partial charge < -0.3 is 4.74 Å². The smallest absolute Gasteiger partial charge is 0.416 e. The minimum absolute atomic E-state index is 0.0504. The van der Waals surface area contributed by atoms with Gasteiger partial charge in [0.05, 0.1) is 24.1 Å². The first-order valence-corrected chi connectivity index (χ1v) is 11.3. The second kappa shape index (κ2) is 10.1. The van der Waals surface area contributed by atoms with Crippen molar-refractivity contribution in [3.8, 4) is 11.4 Å². The molecule has 0 amide bonds. The van der Waals surface area contributed by atoms with Gasteiger partial charge in [0.2, 0.25) is 0 Å². The summed E-state index contributed by atoms with van der Waals surface area (Å²) in [6.07, 6.45) is -4.11. The lowest BCUT2D eigenvalue weighted by Gasteiger charge is -2.13. The highest BCUT2D eigenvalue weighted by molar-refractivity contribution is 7.99. The Morgan fingerprint density at radius 1 is 0.971 bits per heavy atom. The van der Waals surface area contributed by atoms with Crippen LogP contribution in [0.2, 0.25) is 0 Å². The summed E-state index contributed by atoms with van der Waals surface area (Å²) < 4.78 is 46.7. The molecular weight excluding hydrogens is 463 g/mol. The van der Waals surface area contributed by atoms with Crippen molar-refractivity contribution >= 4 is 17.5 Å². The zero-order chi connectivity index (χ0) is 24.1. The van der Waals surface area contributed by atoms with Crippen molar-refractivity contribution in [3.05, 3.63) is 101 Å². The molecule has 1 aromatic heterocycles. The number of hydrogen-bond donors (Lipinski definition) is 0. The monoisotopic (exact) mass is 483 g/mol. The first-order valence-electron chi connectivity index (χ1n) is 10.3. The van der Waals surface area contributed by atoms with Crippen molar-refractivity contribution in [2.75, 3.05) is 12.9 Å². The number of thioether (sulfide) groups is 1. The van der Waals surface area contributed by atoms with E-state index in [2.05, 4.69) is 10.2 Å². The fraction of sp³-hybridized carbons (Fsp3) is 0.160. The Bertz CT molecular complexity index is 1270. The van der Waals surface area contributed by atoms with Crippen LogP contribution in [0.15, 0.2) is 84.0 Å². The summed E-state index contributed by atoms with van der Waals surface area (Å²) in [6.45, 7) is 0. The summed E-state index contributed by atoms with van der Waals surface area (Å²) in [6, 6.07) is 21.2.